The van der Waals surface area contributed by atoms with Gasteiger partial charge in [-0.15, -0.1) is 10.2 Å². The van der Waals surface area contributed by atoms with Crippen molar-refractivity contribution in [3.63, 3.8) is 0 Å². The zero-order valence-corrected chi connectivity index (χ0v) is 13.5. The van der Waals surface area contributed by atoms with E-state index in [-0.39, 0.29) is 5.69 Å². The molecule has 0 bridgehead atoms. The Labute approximate surface area is 144 Å². The highest BCUT2D eigenvalue weighted by atomic mass is 16.6. The Kier molecular flexibility index (Phi) is 3.99. The molecule has 7 heteroatoms. The summed E-state index contributed by atoms with van der Waals surface area (Å²) in [5.41, 5.74) is 3.45. The number of nitro benzene ring substituents is 1. The summed E-state index contributed by atoms with van der Waals surface area (Å²) < 4.78 is 5.73. The second kappa shape index (κ2) is 6.45. The number of fused-ring (bicyclic) bond motifs is 1. The lowest BCUT2D eigenvalue weighted by Gasteiger charge is -2.27. The minimum Gasteiger partial charge on any atom is -0.419 e. The first-order chi connectivity index (χ1) is 12.2. The van der Waals surface area contributed by atoms with Crippen molar-refractivity contribution < 1.29 is 9.34 Å². The fourth-order valence-electron chi connectivity index (χ4n) is 3.04. The summed E-state index contributed by atoms with van der Waals surface area (Å²) in [7, 11) is 0. The van der Waals surface area contributed by atoms with Crippen molar-refractivity contribution in [2.24, 2.45) is 0 Å². The molecule has 3 aromatic rings. The first kappa shape index (κ1) is 15.5. The van der Waals surface area contributed by atoms with Crippen LogP contribution in [0.4, 0.5) is 5.69 Å². The van der Waals surface area contributed by atoms with E-state index in [0.717, 1.165) is 19.5 Å². The minimum absolute atomic E-state index is 0.0375. The highest BCUT2D eigenvalue weighted by Gasteiger charge is 2.18. The van der Waals surface area contributed by atoms with E-state index >= 15 is 0 Å². The lowest BCUT2D eigenvalue weighted by Crippen LogP contribution is -2.30. The summed E-state index contributed by atoms with van der Waals surface area (Å²) in [5, 5.41) is 18.9. The van der Waals surface area contributed by atoms with Crippen LogP contribution >= 0.6 is 0 Å². The largest absolute Gasteiger partial charge is 0.419 e. The van der Waals surface area contributed by atoms with Crippen molar-refractivity contribution in [3.05, 3.63) is 75.7 Å². The zero-order chi connectivity index (χ0) is 17.2. The highest BCUT2D eigenvalue weighted by Crippen LogP contribution is 2.23. The van der Waals surface area contributed by atoms with E-state index in [1.54, 1.807) is 12.1 Å². The number of nitrogens with zero attached hydrogens (tertiary/aromatic N) is 4. The molecule has 0 unspecified atom stereocenters. The molecule has 0 radical (unpaired) electrons. The number of hydrogen-bond acceptors (Lipinski definition) is 6. The van der Waals surface area contributed by atoms with Gasteiger partial charge in [-0.3, -0.25) is 15.0 Å². The smallest absolute Gasteiger partial charge is 0.269 e. The number of benzene rings is 2. The molecular formula is C18H16N4O3. The molecule has 126 valence electrons. The fourth-order valence-corrected chi connectivity index (χ4v) is 3.04. The van der Waals surface area contributed by atoms with Crippen molar-refractivity contribution in [1.29, 1.82) is 0 Å². The van der Waals surface area contributed by atoms with Gasteiger partial charge in [0.25, 0.3) is 5.69 Å². The van der Waals surface area contributed by atoms with Crippen LogP contribution in [-0.2, 0) is 19.5 Å². The Hall–Kier alpha value is -3.06. The van der Waals surface area contributed by atoms with Crippen LogP contribution < -0.4 is 0 Å². The molecule has 0 spiro atoms. The Morgan fingerprint density at radius 2 is 1.84 bits per heavy atom. The molecular weight excluding hydrogens is 320 g/mol. The van der Waals surface area contributed by atoms with Crippen molar-refractivity contribution in [2.75, 3.05) is 6.54 Å². The van der Waals surface area contributed by atoms with Gasteiger partial charge in [0.05, 0.1) is 11.5 Å². The van der Waals surface area contributed by atoms with Gasteiger partial charge in [0.2, 0.25) is 11.8 Å². The molecule has 1 aliphatic heterocycles. The molecule has 0 amide bonds. The van der Waals surface area contributed by atoms with Crippen LogP contribution in [0.1, 0.15) is 17.0 Å². The summed E-state index contributed by atoms with van der Waals surface area (Å²) in [6, 6.07) is 14.6. The number of hydrogen-bond donors (Lipinski definition) is 0. The Balaban J connectivity index is 1.46. The Bertz CT molecular complexity index is 905. The standard InChI is InChI=1S/C18H16N4O3/c23-22(24)16-7-5-14(6-8-16)18-20-19-17(25-18)12-21-10-9-13-3-1-2-4-15(13)11-21/h1-8H,9-12H2. The number of rotatable bonds is 4. The van der Waals surface area contributed by atoms with Gasteiger partial charge in [0, 0.05) is 30.8 Å². The first-order valence-electron chi connectivity index (χ1n) is 8.05. The minimum atomic E-state index is -0.433. The van der Waals surface area contributed by atoms with E-state index in [9.17, 15) is 10.1 Å². The molecule has 0 saturated heterocycles. The van der Waals surface area contributed by atoms with Crippen LogP contribution in [0.5, 0.6) is 0 Å². The molecule has 0 N–H and O–H groups in total. The van der Waals surface area contributed by atoms with Gasteiger partial charge in [-0.2, -0.15) is 0 Å². The normalized spacial score (nSPS) is 14.2. The third-order valence-electron chi connectivity index (χ3n) is 4.36. The quantitative estimate of drug-likeness (QED) is 0.537. The highest BCUT2D eigenvalue weighted by molar-refractivity contribution is 5.55. The van der Waals surface area contributed by atoms with Crippen molar-refractivity contribution in [3.8, 4) is 11.5 Å². The van der Waals surface area contributed by atoms with E-state index in [4.69, 9.17) is 4.42 Å². The second-order valence-corrected chi connectivity index (χ2v) is 6.03. The molecule has 0 fully saturated rings. The van der Waals surface area contributed by atoms with Crippen molar-refractivity contribution in [2.45, 2.75) is 19.5 Å². The van der Waals surface area contributed by atoms with E-state index < -0.39 is 4.92 Å². The molecule has 2 aromatic carbocycles. The molecule has 2 heterocycles. The Morgan fingerprint density at radius 3 is 2.60 bits per heavy atom. The summed E-state index contributed by atoms with van der Waals surface area (Å²) in [5.74, 6) is 0.926. The van der Waals surface area contributed by atoms with E-state index in [1.165, 1.54) is 23.3 Å². The molecule has 1 aromatic heterocycles. The van der Waals surface area contributed by atoms with Crippen LogP contribution in [0.2, 0.25) is 0 Å². The molecule has 0 saturated carbocycles. The monoisotopic (exact) mass is 336 g/mol. The molecule has 1 aliphatic rings. The number of non-ortho nitro benzene ring substituents is 1. The van der Waals surface area contributed by atoms with E-state index in [1.807, 2.05) is 0 Å². The molecule has 25 heavy (non-hydrogen) atoms. The lowest BCUT2D eigenvalue weighted by atomic mass is 10.00. The first-order valence-corrected chi connectivity index (χ1v) is 8.05. The van der Waals surface area contributed by atoms with Gasteiger partial charge in [-0.25, -0.2) is 0 Å². The fraction of sp³-hybridized carbons (Fsp3) is 0.222. The van der Waals surface area contributed by atoms with E-state index in [2.05, 4.69) is 39.4 Å². The zero-order valence-electron chi connectivity index (χ0n) is 13.5. The summed E-state index contributed by atoms with van der Waals surface area (Å²) >= 11 is 0. The average molecular weight is 336 g/mol. The molecule has 4 rings (SSSR count). The van der Waals surface area contributed by atoms with Gasteiger partial charge in [-0.1, -0.05) is 24.3 Å². The average Bonchev–Trinajstić information content (AvgIpc) is 3.10. The number of aromatic nitrogens is 2. The van der Waals surface area contributed by atoms with Crippen LogP contribution in [-0.4, -0.2) is 26.6 Å². The predicted octanol–water partition coefficient (Wildman–Crippen LogP) is 3.20. The van der Waals surface area contributed by atoms with Crippen LogP contribution in [0.3, 0.4) is 0 Å². The van der Waals surface area contributed by atoms with Crippen molar-refractivity contribution >= 4 is 5.69 Å². The Morgan fingerprint density at radius 1 is 1.08 bits per heavy atom. The van der Waals surface area contributed by atoms with Gasteiger partial charge >= 0.3 is 0 Å². The maximum atomic E-state index is 10.7. The third kappa shape index (κ3) is 3.27. The summed E-state index contributed by atoms with van der Waals surface area (Å²) in [4.78, 5) is 12.6. The molecule has 7 nitrogen and oxygen atoms in total. The van der Waals surface area contributed by atoms with Crippen LogP contribution in [0.25, 0.3) is 11.5 Å². The maximum Gasteiger partial charge on any atom is 0.269 e. The van der Waals surface area contributed by atoms with Crippen molar-refractivity contribution in [1.82, 2.24) is 15.1 Å². The van der Waals surface area contributed by atoms with Gasteiger partial charge in [0.15, 0.2) is 0 Å². The predicted molar refractivity (Wildman–Crippen MR) is 90.6 cm³/mol. The van der Waals surface area contributed by atoms with Crippen LogP contribution in [0.15, 0.2) is 52.9 Å². The van der Waals surface area contributed by atoms with Crippen LogP contribution in [0, 0.1) is 10.1 Å². The maximum absolute atomic E-state index is 10.7. The lowest BCUT2D eigenvalue weighted by molar-refractivity contribution is -0.384. The van der Waals surface area contributed by atoms with E-state index in [0.29, 0.717) is 23.9 Å². The topological polar surface area (TPSA) is 85.3 Å². The SMILES string of the molecule is O=[N+]([O-])c1ccc(-c2nnc(CN3CCc4ccccc4C3)o2)cc1. The van der Waals surface area contributed by atoms with Gasteiger partial charge in [0.1, 0.15) is 0 Å². The summed E-state index contributed by atoms with van der Waals surface area (Å²) in [6.45, 7) is 2.41. The third-order valence-corrected chi connectivity index (χ3v) is 4.36. The van der Waals surface area contributed by atoms with Gasteiger partial charge < -0.3 is 4.42 Å². The number of nitro groups is 1. The van der Waals surface area contributed by atoms with Gasteiger partial charge in [-0.05, 0) is 29.7 Å². The summed E-state index contributed by atoms with van der Waals surface area (Å²) in [6.07, 6.45) is 1.01. The molecule has 0 atom stereocenters. The molecule has 0 aliphatic carbocycles. The second-order valence-electron chi connectivity index (χ2n) is 6.03.